The van der Waals surface area contributed by atoms with Crippen molar-refractivity contribution in [1.82, 2.24) is 10.2 Å². The summed E-state index contributed by atoms with van der Waals surface area (Å²) in [5.74, 6) is -49.3. The second kappa shape index (κ2) is 13.3. The zero-order chi connectivity index (χ0) is 32.8. The summed E-state index contributed by atoms with van der Waals surface area (Å²) >= 11 is 0. The summed E-state index contributed by atoms with van der Waals surface area (Å²) < 4.78 is 196. The van der Waals surface area contributed by atoms with Crippen LogP contribution in [0.25, 0.3) is 0 Å². The van der Waals surface area contributed by atoms with Gasteiger partial charge in [-0.1, -0.05) is 13.2 Å². The van der Waals surface area contributed by atoms with E-state index in [2.05, 4.69) is 28.1 Å². The minimum atomic E-state index is -8.37. The van der Waals surface area contributed by atoms with Crippen molar-refractivity contribution in [2.45, 2.75) is 55.1 Å². The van der Waals surface area contributed by atoms with E-state index in [1.807, 2.05) is 14.1 Å². The number of carbonyl (C=O) groups is 2. The van der Waals surface area contributed by atoms with Gasteiger partial charge in [-0.25, -0.2) is 4.79 Å². The summed E-state index contributed by atoms with van der Waals surface area (Å²) in [4.78, 5) is 23.5. The van der Waals surface area contributed by atoms with Gasteiger partial charge in [0.15, 0.2) is 6.61 Å². The number of ether oxygens (including phenoxy) is 1. The van der Waals surface area contributed by atoms with E-state index in [0.717, 1.165) is 19.5 Å². The molecular formula is C20H23F15N2O3. The average molecular weight is 624 g/mol. The van der Waals surface area contributed by atoms with Gasteiger partial charge in [-0.3, -0.25) is 4.79 Å². The molecule has 0 fully saturated rings. The molecule has 0 aromatic rings. The molecule has 0 aromatic heterocycles. The molecule has 0 atom stereocenters. The van der Waals surface area contributed by atoms with Gasteiger partial charge in [-0.05, 0) is 40.1 Å². The van der Waals surface area contributed by atoms with Gasteiger partial charge in [-0.15, -0.1) is 0 Å². The molecule has 0 rings (SSSR count). The molecular weight excluding hydrogens is 601 g/mol. The molecule has 0 aliphatic heterocycles. The van der Waals surface area contributed by atoms with Crippen LogP contribution in [-0.2, 0) is 14.3 Å². The van der Waals surface area contributed by atoms with Crippen molar-refractivity contribution in [2.24, 2.45) is 0 Å². The first-order valence-electron chi connectivity index (χ1n) is 10.2. The Morgan fingerprint density at radius 2 is 1.18 bits per heavy atom. The van der Waals surface area contributed by atoms with Crippen LogP contribution in [0.1, 0.15) is 13.3 Å². The Labute approximate surface area is 217 Å². The predicted octanol–water partition coefficient (Wildman–Crippen LogP) is 5.72. The minimum absolute atomic E-state index is 0.0937. The van der Waals surface area contributed by atoms with E-state index in [1.165, 1.54) is 6.08 Å². The van der Waals surface area contributed by atoms with Gasteiger partial charge < -0.3 is 15.0 Å². The lowest BCUT2D eigenvalue weighted by atomic mass is 9.91. The molecule has 236 valence electrons. The van der Waals surface area contributed by atoms with Crippen LogP contribution in [0.4, 0.5) is 65.9 Å². The minimum Gasteiger partial charge on any atom is -0.456 e. The number of halogens is 15. The average Bonchev–Trinajstić information content (AvgIpc) is 2.78. The number of esters is 1. The Kier molecular flexibility index (Phi) is 13.2. The number of hydrogen-bond acceptors (Lipinski definition) is 4. The quantitative estimate of drug-likeness (QED) is 0.123. The third-order valence-electron chi connectivity index (χ3n) is 4.39. The summed E-state index contributed by atoms with van der Waals surface area (Å²) in [6, 6.07) is 0. The van der Waals surface area contributed by atoms with Crippen molar-refractivity contribution in [3.05, 3.63) is 24.8 Å². The van der Waals surface area contributed by atoms with Gasteiger partial charge >= 0.3 is 47.7 Å². The number of rotatable bonds is 13. The lowest BCUT2D eigenvalue weighted by Gasteiger charge is -2.41. The highest BCUT2D eigenvalue weighted by molar-refractivity contribution is 5.87. The molecule has 0 saturated heterocycles. The summed E-state index contributed by atoms with van der Waals surface area (Å²) in [6.45, 7) is 5.34. The number of alkyl halides is 15. The molecule has 0 saturated carbocycles. The van der Waals surface area contributed by atoms with Crippen molar-refractivity contribution >= 4 is 11.9 Å². The van der Waals surface area contributed by atoms with Crippen LogP contribution in [0.5, 0.6) is 0 Å². The fraction of sp³-hybridized carbons (Fsp3) is 0.700. The highest BCUT2D eigenvalue weighted by Crippen LogP contribution is 2.62. The van der Waals surface area contributed by atoms with E-state index in [-0.39, 0.29) is 5.91 Å². The third-order valence-corrected chi connectivity index (χ3v) is 4.39. The molecule has 0 aliphatic carbocycles. The molecule has 0 spiro atoms. The Morgan fingerprint density at radius 1 is 0.775 bits per heavy atom. The Bertz CT molecular complexity index is 900. The topological polar surface area (TPSA) is 58.6 Å². The summed E-state index contributed by atoms with van der Waals surface area (Å²) in [5, 5.41) is 2.70. The maximum atomic E-state index is 13.3. The molecule has 40 heavy (non-hydrogen) atoms. The van der Waals surface area contributed by atoms with Crippen LogP contribution in [-0.4, -0.2) is 92.3 Å². The van der Waals surface area contributed by atoms with E-state index >= 15 is 0 Å². The molecule has 5 nitrogen and oxygen atoms in total. The van der Waals surface area contributed by atoms with E-state index in [9.17, 15) is 75.4 Å². The molecule has 1 N–H and O–H groups in total. The number of hydrogen-bond donors (Lipinski definition) is 1. The molecule has 0 unspecified atom stereocenters. The van der Waals surface area contributed by atoms with Gasteiger partial charge in [0.2, 0.25) is 5.91 Å². The highest BCUT2D eigenvalue weighted by atomic mass is 19.4. The molecule has 1 amide bonds. The first kappa shape index (κ1) is 39.5. The Hall–Kier alpha value is -2.67. The molecule has 0 heterocycles. The van der Waals surface area contributed by atoms with E-state index in [4.69, 9.17) is 0 Å². The van der Waals surface area contributed by atoms with Crippen LogP contribution in [0.15, 0.2) is 24.8 Å². The van der Waals surface area contributed by atoms with Crippen molar-refractivity contribution in [3.63, 3.8) is 0 Å². The summed E-state index contributed by atoms with van der Waals surface area (Å²) in [6.07, 6.45) is -5.40. The molecule has 0 aromatic carbocycles. The van der Waals surface area contributed by atoms with Gasteiger partial charge in [-0.2, -0.15) is 65.9 Å². The molecule has 0 aliphatic rings. The largest absolute Gasteiger partial charge is 0.460 e. The SMILES string of the molecule is C=C(C)C(=O)OCC(F)(F)C(F)(F)C(F)(F)C(F)(F)C(F)(F)C(F)(F)C(F)(F)F.C=CC(=O)NCCCN(C)C. The monoisotopic (exact) mass is 624 g/mol. The lowest BCUT2D eigenvalue weighted by molar-refractivity contribution is -0.453. The van der Waals surface area contributed by atoms with Gasteiger partial charge in [0.05, 0.1) is 0 Å². The van der Waals surface area contributed by atoms with Gasteiger partial charge in [0.1, 0.15) is 0 Å². The smallest absolute Gasteiger partial charge is 0.456 e. The van der Waals surface area contributed by atoms with Crippen LogP contribution in [0, 0.1) is 0 Å². The Morgan fingerprint density at radius 3 is 1.52 bits per heavy atom. The van der Waals surface area contributed by atoms with E-state index in [0.29, 0.717) is 6.92 Å². The summed E-state index contributed by atoms with van der Waals surface area (Å²) in [5.41, 5.74) is -0.808. The van der Waals surface area contributed by atoms with Gasteiger partial charge in [0, 0.05) is 12.1 Å². The number of carbonyl (C=O) groups excluding carboxylic acids is 2. The van der Waals surface area contributed by atoms with Gasteiger partial charge in [0.25, 0.3) is 0 Å². The first-order chi connectivity index (χ1) is 17.5. The fourth-order valence-corrected chi connectivity index (χ4v) is 2.05. The zero-order valence-corrected chi connectivity index (χ0v) is 20.7. The summed E-state index contributed by atoms with van der Waals surface area (Å²) in [7, 11) is 4.02. The number of nitrogens with zero attached hydrogens (tertiary/aromatic N) is 1. The second-order valence-corrected chi connectivity index (χ2v) is 8.08. The Balaban J connectivity index is 0. The van der Waals surface area contributed by atoms with Crippen molar-refractivity contribution in [1.29, 1.82) is 0 Å². The van der Waals surface area contributed by atoms with Crippen molar-refractivity contribution in [3.8, 4) is 0 Å². The second-order valence-electron chi connectivity index (χ2n) is 8.08. The van der Waals surface area contributed by atoms with E-state index < -0.39 is 59.9 Å². The lowest BCUT2D eigenvalue weighted by Crippen LogP contribution is -2.73. The maximum Gasteiger partial charge on any atom is 0.460 e. The zero-order valence-electron chi connectivity index (χ0n) is 20.7. The molecule has 0 bridgehead atoms. The standard InChI is InChI=1S/C12H7F15O2.C8H16N2O/c1-4(2)5(28)29-3-6(13,14)7(15,16)8(17,18)9(19,20)10(21,22)11(23,24)12(25,26)27;1-4-8(11)9-6-5-7-10(2)3/h1,3H2,2H3;4H,1,5-7H2,2-3H3,(H,9,11). The van der Waals surface area contributed by atoms with E-state index in [1.54, 1.807) is 0 Å². The third kappa shape index (κ3) is 8.42. The van der Waals surface area contributed by atoms with Crippen LogP contribution in [0.2, 0.25) is 0 Å². The van der Waals surface area contributed by atoms with Crippen molar-refractivity contribution in [2.75, 3.05) is 33.8 Å². The first-order valence-corrected chi connectivity index (χ1v) is 10.2. The van der Waals surface area contributed by atoms with Crippen LogP contribution >= 0.6 is 0 Å². The van der Waals surface area contributed by atoms with Crippen molar-refractivity contribution < 1.29 is 80.2 Å². The molecule has 20 heteroatoms. The molecule has 0 radical (unpaired) electrons. The number of amides is 1. The fourth-order valence-electron chi connectivity index (χ4n) is 2.05. The number of nitrogens with one attached hydrogen (secondary N) is 1. The van der Waals surface area contributed by atoms with Crippen LogP contribution in [0.3, 0.4) is 0 Å². The normalized spacial score (nSPS) is 13.8. The maximum absolute atomic E-state index is 13.3. The highest BCUT2D eigenvalue weighted by Gasteiger charge is 2.93. The predicted molar refractivity (Wildman–Crippen MR) is 108 cm³/mol. The van der Waals surface area contributed by atoms with Crippen LogP contribution < -0.4 is 5.32 Å².